The van der Waals surface area contributed by atoms with Gasteiger partial charge in [-0.1, -0.05) is 6.92 Å². The highest BCUT2D eigenvalue weighted by molar-refractivity contribution is 5.81. The SMILES string of the molecule is CNC(=O)[C@@H](C)N1CC(C)C1. The number of hydrogen-bond acceptors (Lipinski definition) is 2. The molecule has 1 saturated heterocycles. The number of likely N-dealkylation sites (tertiary alicyclic amines) is 1. The molecule has 0 spiro atoms. The fourth-order valence-corrected chi connectivity index (χ4v) is 1.44. The Morgan fingerprint density at radius 2 is 2.18 bits per heavy atom. The van der Waals surface area contributed by atoms with Gasteiger partial charge in [0.2, 0.25) is 5.91 Å². The zero-order valence-corrected chi connectivity index (χ0v) is 7.42. The van der Waals surface area contributed by atoms with E-state index in [1.54, 1.807) is 7.05 Å². The Balaban J connectivity index is 2.31. The van der Waals surface area contributed by atoms with Crippen LogP contribution >= 0.6 is 0 Å². The first-order chi connectivity index (χ1) is 5.15. The molecular weight excluding hydrogens is 140 g/mol. The van der Waals surface area contributed by atoms with Gasteiger partial charge in [-0.3, -0.25) is 9.69 Å². The summed E-state index contributed by atoms with van der Waals surface area (Å²) in [7, 11) is 1.68. The topological polar surface area (TPSA) is 32.3 Å². The van der Waals surface area contributed by atoms with E-state index in [1.807, 2.05) is 6.92 Å². The van der Waals surface area contributed by atoms with Gasteiger partial charge in [0.05, 0.1) is 6.04 Å². The van der Waals surface area contributed by atoms with Crippen molar-refractivity contribution < 1.29 is 4.79 Å². The van der Waals surface area contributed by atoms with E-state index in [0.717, 1.165) is 19.0 Å². The molecule has 0 aromatic carbocycles. The van der Waals surface area contributed by atoms with E-state index in [-0.39, 0.29) is 11.9 Å². The zero-order valence-electron chi connectivity index (χ0n) is 7.42. The van der Waals surface area contributed by atoms with Gasteiger partial charge >= 0.3 is 0 Å². The van der Waals surface area contributed by atoms with E-state index in [9.17, 15) is 4.79 Å². The van der Waals surface area contributed by atoms with Crippen LogP contribution in [0.1, 0.15) is 13.8 Å². The predicted octanol–water partition coefficient (Wildman–Crippen LogP) is 0.0726. The molecule has 1 N–H and O–H groups in total. The van der Waals surface area contributed by atoms with Crippen LogP contribution in [0.4, 0.5) is 0 Å². The molecular formula is C8H16N2O. The first kappa shape index (κ1) is 8.53. The predicted molar refractivity (Wildman–Crippen MR) is 44.3 cm³/mol. The second-order valence-corrected chi connectivity index (χ2v) is 3.35. The van der Waals surface area contributed by atoms with E-state index in [0.29, 0.717) is 0 Å². The molecule has 1 rings (SSSR count). The molecule has 0 radical (unpaired) electrons. The Hall–Kier alpha value is -0.570. The summed E-state index contributed by atoms with van der Waals surface area (Å²) in [6, 6.07) is 0.0520. The number of rotatable bonds is 2. The van der Waals surface area contributed by atoms with Crippen LogP contribution in [0.5, 0.6) is 0 Å². The van der Waals surface area contributed by atoms with Gasteiger partial charge in [0.25, 0.3) is 0 Å². The molecule has 3 nitrogen and oxygen atoms in total. The number of likely N-dealkylation sites (N-methyl/N-ethyl adjacent to an activating group) is 1. The monoisotopic (exact) mass is 156 g/mol. The second-order valence-electron chi connectivity index (χ2n) is 3.35. The molecule has 1 aliphatic heterocycles. The van der Waals surface area contributed by atoms with E-state index in [4.69, 9.17) is 0 Å². The Morgan fingerprint density at radius 3 is 2.55 bits per heavy atom. The summed E-state index contributed by atoms with van der Waals surface area (Å²) < 4.78 is 0. The molecule has 11 heavy (non-hydrogen) atoms. The van der Waals surface area contributed by atoms with Crippen molar-refractivity contribution in [1.82, 2.24) is 10.2 Å². The van der Waals surface area contributed by atoms with Crippen LogP contribution < -0.4 is 5.32 Å². The first-order valence-corrected chi connectivity index (χ1v) is 4.10. The minimum Gasteiger partial charge on any atom is -0.358 e. The summed E-state index contributed by atoms with van der Waals surface area (Å²) in [6.07, 6.45) is 0. The van der Waals surface area contributed by atoms with Crippen molar-refractivity contribution in [2.24, 2.45) is 5.92 Å². The number of amides is 1. The van der Waals surface area contributed by atoms with Crippen molar-refractivity contribution in [1.29, 1.82) is 0 Å². The molecule has 1 atom stereocenters. The van der Waals surface area contributed by atoms with Crippen LogP contribution in [0.3, 0.4) is 0 Å². The lowest BCUT2D eigenvalue weighted by Crippen LogP contribution is -2.54. The van der Waals surface area contributed by atoms with E-state index in [2.05, 4.69) is 17.1 Å². The zero-order chi connectivity index (χ0) is 8.43. The molecule has 64 valence electrons. The van der Waals surface area contributed by atoms with Gasteiger partial charge in [-0.15, -0.1) is 0 Å². The largest absolute Gasteiger partial charge is 0.358 e. The van der Waals surface area contributed by atoms with Gasteiger partial charge in [0.1, 0.15) is 0 Å². The average molecular weight is 156 g/mol. The summed E-state index contributed by atoms with van der Waals surface area (Å²) in [5, 5.41) is 2.65. The summed E-state index contributed by atoms with van der Waals surface area (Å²) in [6.45, 7) is 6.28. The third kappa shape index (κ3) is 1.71. The molecule has 1 heterocycles. The lowest BCUT2D eigenvalue weighted by molar-refractivity contribution is -0.127. The molecule has 1 fully saturated rings. The summed E-state index contributed by atoms with van der Waals surface area (Å²) >= 11 is 0. The maximum absolute atomic E-state index is 11.1. The van der Waals surface area contributed by atoms with Gasteiger partial charge in [0.15, 0.2) is 0 Å². The van der Waals surface area contributed by atoms with Crippen molar-refractivity contribution in [3.05, 3.63) is 0 Å². The molecule has 0 saturated carbocycles. The Bertz CT molecular complexity index is 152. The summed E-state index contributed by atoms with van der Waals surface area (Å²) in [5.74, 6) is 0.888. The Labute approximate surface area is 67.8 Å². The lowest BCUT2D eigenvalue weighted by Gasteiger charge is -2.40. The third-order valence-electron chi connectivity index (χ3n) is 2.27. The van der Waals surface area contributed by atoms with Gasteiger partial charge in [-0.25, -0.2) is 0 Å². The Morgan fingerprint density at radius 1 is 1.64 bits per heavy atom. The third-order valence-corrected chi connectivity index (χ3v) is 2.27. The molecule has 0 aromatic rings. The van der Waals surface area contributed by atoms with Gasteiger partial charge in [0, 0.05) is 20.1 Å². The van der Waals surface area contributed by atoms with Crippen molar-refractivity contribution in [3.8, 4) is 0 Å². The van der Waals surface area contributed by atoms with Crippen LogP contribution in [-0.4, -0.2) is 37.0 Å². The standard InChI is InChI=1S/C8H16N2O/c1-6-4-10(5-6)7(2)8(11)9-3/h6-7H,4-5H2,1-3H3,(H,9,11)/t7-/m1/s1. The van der Waals surface area contributed by atoms with Crippen LogP contribution in [0.15, 0.2) is 0 Å². The molecule has 0 aromatic heterocycles. The maximum Gasteiger partial charge on any atom is 0.236 e. The number of carbonyl (C=O) groups is 1. The van der Waals surface area contributed by atoms with E-state index >= 15 is 0 Å². The minimum atomic E-state index is 0.0520. The molecule has 0 bridgehead atoms. The van der Waals surface area contributed by atoms with Crippen molar-refractivity contribution in [2.75, 3.05) is 20.1 Å². The van der Waals surface area contributed by atoms with Crippen LogP contribution in [0.2, 0.25) is 0 Å². The van der Waals surface area contributed by atoms with Crippen molar-refractivity contribution in [3.63, 3.8) is 0 Å². The maximum atomic E-state index is 11.1. The molecule has 1 amide bonds. The van der Waals surface area contributed by atoms with Gasteiger partial charge < -0.3 is 5.32 Å². The number of hydrogen-bond donors (Lipinski definition) is 1. The molecule has 1 aliphatic rings. The molecule has 0 unspecified atom stereocenters. The van der Waals surface area contributed by atoms with Gasteiger partial charge in [-0.05, 0) is 12.8 Å². The minimum absolute atomic E-state index is 0.0520. The fraction of sp³-hybridized carbons (Fsp3) is 0.875. The molecule has 0 aliphatic carbocycles. The second kappa shape index (κ2) is 3.22. The van der Waals surface area contributed by atoms with Crippen LogP contribution in [0, 0.1) is 5.92 Å². The summed E-state index contributed by atoms with van der Waals surface area (Å²) in [5.41, 5.74) is 0. The highest BCUT2D eigenvalue weighted by Gasteiger charge is 2.29. The summed E-state index contributed by atoms with van der Waals surface area (Å²) in [4.78, 5) is 13.3. The van der Waals surface area contributed by atoms with Crippen LogP contribution in [0.25, 0.3) is 0 Å². The Kier molecular flexibility index (Phi) is 2.49. The quantitative estimate of drug-likeness (QED) is 0.613. The lowest BCUT2D eigenvalue weighted by atomic mass is 10.0. The van der Waals surface area contributed by atoms with Crippen molar-refractivity contribution in [2.45, 2.75) is 19.9 Å². The average Bonchev–Trinajstić information content (AvgIpc) is 1.96. The first-order valence-electron chi connectivity index (χ1n) is 4.10. The van der Waals surface area contributed by atoms with E-state index < -0.39 is 0 Å². The number of nitrogens with one attached hydrogen (secondary N) is 1. The fourth-order valence-electron chi connectivity index (χ4n) is 1.44. The number of nitrogens with zero attached hydrogens (tertiary/aromatic N) is 1. The van der Waals surface area contributed by atoms with Crippen LogP contribution in [-0.2, 0) is 4.79 Å². The molecule has 3 heteroatoms. The normalized spacial score (nSPS) is 22.5. The highest BCUT2D eigenvalue weighted by Crippen LogP contribution is 2.17. The number of carbonyl (C=O) groups excluding carboxylic acids is 1. The van der Waals surface area contributed by atoms with E-state index in [1.165, 1.54) is 0 Å². The smallest absolute Gasteiger partial charge is 0.236 e. The van der Waals surface area contributed by atoms with Gasteiger partial charge in [-0.2, -0.15) is 0 Å². The highest BCUT2D eigenvalue weighted by atomic mass is 16.2. The van der Waals surface area contributed by atoms with Crippen molar-refractivity contribution >= 4 is 5.91 Å².